The van der Waals surface area contributed by atoms with Crippen molar-refractivity contribution in [3.05, 3.63) is 70.3 Å². The lowest BCUT2D eigenvalue weighted by molar-refractivity contribution is -0.136. The van der Waals surface area contributed by atoms with Crippen LogP contribution in [0.3, 0.4) is 0 Å². The zero-order valence-corrected chi connectivity index (χ0v) is 19.0. The maximum atomic E-state index is 12.9. The average molecular weight is 462 g/mol. The van der Waals surface area contributed by atoms with Gasteiger partial charge in [-0.25, -0.2) is 4.79 Å². The van der Waals surface area contributed by atoms with Crippen LogP contribution in [0.5, 0.6) is 0 Å². The number of aryl methyl sites for hydroxylation is 1. The molecule has 2 aliphatic heterocycles. The molecule has 176 valence electrons. The lowest BCUT2D eigenvalue weighted by Gasteiger charge is -2.35. The molecule has 2 N–H and O–H groups in total. The first-order valence-corrected chi connectivity index (χ1v) is 11.6. The molecule has 1 aliphatic carbocycles. The van der Waals surface area contributed by atoms with Gasteiger partial charge in [-0.3, -0.25) is 19.7 Å². The fourth-order valence-electron chi connectivity index (χ4n) is 4.85. The van der Waals surface area contributed by atoms with Crippen LogP contribution in [0, 0.1) is 6.92 Å². The van der Waals surface area contributed by atoms with Gasteiger partial charge < -0.3 is 15.0 Å². The van der Waals surface area contributed by atoms with E-state index in [4.69, 9.17) is 4.74 Å². The Morgan fingerprint density at radius 2 is 1.88 bits per heavy atom. The van der Waals surface area contributed by atoms with Crippen molar-refractivity contribution < 1.29 is 23.9 Å². The lowest BCUT2D eigenvalue weighted by atomic mass is 9.77. The predicted octanol–water partition coefficient (Wildman–Crippen LogP) is 2.93. The van der Waals surface area contributed by atoms with E-state index < -0.39 is 18.0 Å². The van der Waals surface area contributed by atoms with E-state index in [1.165, 1.54) is 16.0 Å². The highest BCUT2D eigenvalue weighted by Gasteiger charge is 2.39. The molecule has 0 bridgehead atoms. The Kier molecular flexibility index (Phi) is 5.81. The third-order valence-electron chi connectivity index (χ3n) is 6.95. The number of fused-ring (bicyclic) bond motifs is 1. The summed E-state index contributed by atoms with van der Waals surface area (Å²) in [6, 6.07) is 13.3. The smallest absolute Gasteiger partial charge is 0.407 e. The second kappa shape index (κ2) is 8.93. The summed E-state index contributed by atoms with van der Waals surface area (Å²) in [6.45, 7) is 2.64. The first-order valence-electron chi connectivity index (χ1n) is 11.6. The molecule has 3 aliphatic rings. The van der Waals surface area contributed by atoms with Gasteiger partial charge in [0.1, 0.15) is 12.1 Å². The molecule has 1 saturated carbocycles. The van der Waals surface area contributed by atoms with Crippen molar-refractivity contribution in [3.63, 3.8) is 0 Å². The topological polar surface area (TPSA) is 105 Å². The SMILES string of the molecule is Cc1ccc(C2CC(OC(=O)NCc3ccc4c(c3)C(=O)N(C3CCC(=O)NC3=O)C4)C2)cc1. The van der Waals surface area contributed by atoms with Gasteiger partial charge in [0.15, 0.2) is 0 Å². The number of hydrogen-bond acceptors (Lipinski definition) is 5. The Balaban J connectivity index is 1.12. The molecule has 4 amide bonds. The van der Waals surface area contributed by atoms with Crippen molar-refractivity contribution in [1.82, 2.24) is 15.5 Å². The summed E-state index contributed by atoms with van der Waals surface area (Å²) in [5, 5.41) is 5.07. The molecule has 2 fully saturated rings. The predicted molar refractivity (Wildman–Crippen MR) is 123 cm³/mol. The number of rotatable bonds is 5. The molecule has 0 aromatic heterocycles. The van der Waals surface area contributed by atoms with E-state index in [9.17, 15) is 19.2 Å². The van der Waals surface area contributed by atoms with Crippen LogP contribution in [0.4, 0.5) is 4.79 Å². The van der Waals surface area contributed by atoms with Crippen molar-refractivity contribution in [2.24, 2.45) is 0 Å². The molecule has 34 heavy (non-hydrogen) atoms. The minimum Gasteiger partial charge on any atom is -0.446 e. The average Bonchev–Trinajstić information content (AvgIpc) is 3.11. The molecule has 5 rings (SSSR count). The fourth-order valence-corrected chi connectivity index (χ4v) is 4.85. The summed E-state index contributed by atoms with van der Waals surface area (Å²) in [5.41, 5.74) is 4.64. The molecule has 8 heteroatoms. The van der Waals surface area contributed by atoms with Gasteiger partial charge in [-0.15, -0.1) is 0 Å². The van der Waals surface area contributed by atoms with Crippen LogP contribution in [0.15, 0.2) is 42.5 Å². The number of hydrogen-bond donors (Lipinski definition) is 2. The highest BCUT2D eigenvalue weighted by molar-refractivity contribution is 6.05. The standard InChI is InChI=1S/C26H27N3O5/c1-15-2-5-17(6-3-15)19-11-20(12-19)34-26(33)27-13-16-4-7-18-14-29(25(32)21(18)10-16)22-8-9-23(30)28-24(22)31/h2-7,10,19-20,22H,8-9,11-14H2,1H3,(H,27,33)(H,28,30,31). The van der Waals surface area contributed by atoms with E-state index in [0.29, 0.717) is 24.4 Å². The number of carbonyl (C=O) groups is 4. The van der Waals surface area contributed by atoms with E-state index in [2.05, 4.69) is 41.8 Å². The molecule has 1 saturated heterocycles. The first-order chi connectivity index (χ1) is 16.4. The van der Waals surface area contributed by atoms with Crippen molar-refractivity contribution in [3.8, 4) is 0 Å². The lowest BCUT2D eigenvalue weighted by Crippen LogP contribution is -2.52. The summed E-state index contributed by atoms with van der Waals surface area (Å²) in [4.78, 5) is 50.3. The summed E-state index contributed by atoms with van der Waals surface area (Å²) < 4.78 is 5.52. The normalized spacial score (nSPS) is 23.7. The fraction of sp³-hybridized carbons (Fsp3) is 0.385. The van der Waals surface area contributed by atoms with Crippen molar-refractivity contribution >= 4 is 23.8 Å². The minimum absolute atomic E-state index is 0.0880. The number of carbonyl (C=O) groups excluding carboxylic acids is 4. The highest BCUT2D eigenvalue weighted by atomic mass is 16.6. The van der Waals surface area contributed by atoms with Crippen LogP contribution >= 0.6 is 0 Å². The molecule has 1 atom stereocenters. The van der Waals surface area contributed by atoms with Gasteiger partial charge in [0.05, 0.1) is 0 Å². The van der Waals surface area contributed by atoms with Crippen LogP contribution in [-0.4, -0.2) is 40.9 Å². The Bertz CT molecular complexity index is 1150. The second-order valence-electron chi connectivity index (χ2n) is 9.35. The summed E-state index contributed by atoms with van der Waals surface area (Å²) >= 11 is 0. The highest BCUT2D eigenvalue weighted by Crippen LogP contribution is 2.38. The van der Waals surface area contributed by atoms with Gasteiger partial charge in [-0.1, -0.05) is 42.0 Å². The van der Waals surface area contributed by atoms with Crippen molar-refractivity contribution in [2.75, 3.05) is 0 Å². The van der Waals surface area contributed by atoms with Gasteiger partial charge in [0, 0.05) is 25.1 Å². The quantitative estimate of drug-likeness (QED) is 0.667. The van der Waals surface area contributed by atoms with E-state index in [1.54, 1.807) is 6.07 Å². The number of nitrogens with one attached hydrogen (secondary N) is 2. The number of alkyl carbamates (subject to hydrolysis) is 1. The first kappa shape index (κ1) is 22.1. The maximum Gasteiger partial charge on any atom is 0.407 e. The Labute approximate surface area is 197 Å². The van der Waals surface area contributed by atoms with Gasteiger partial charge in [0.25, 0.3) is 5.91 Å². The number of amides is 4. The molecule has 0 radical (unpaired) electrons. The zero-order valence-electron chi connectivity index (χ0n) is 19.0. The molecule has 2 heterocycles. The van der Waals surface area contributed by atoms with Crippen LogP contribution in [-0.2, 0) is 27.4 Å². The van der Waals surface area contributed by atoms with E-state index in [0.717, 1.165) is 24.0 Å². The Hall–Kier alpha value is -3.68. The third kappa shape index (κ3) is 4.40. The number of benzene rings is 2. The van der Waals surface area contributed by atoms with Crippen molar-refractivity contribution in [1.29, 1.82) is 0 Å². The molecule has 8 nitrogen and oxygen atoms in total. The second-order valence-corrected chi connectivity index (χ2v) is 9.35. The summed E-state index contributed by atoms with van der Waals surface area (Å²) in [6.07, 6.45) is 1.64. The molecule has 2 aromatic rings. The Morgan fingerprint density at radius 1 is 1.12 bits per heavy atom. The molecular formula is C26H27N3O5. The van der Waals surface area contributed by atoms with Crippen LogP contribution in [0.2, 0.25) is 0 Å². The number of piperidine rings is 1. The minimum atomic E-state index is -0.639. The number of nitrogens with zero attached hydrogens (tertiary/aromatic N) is 1. The third-order valence-corrected chi connectivity index (χ3v) is 6.95. The summed E-state index contributed by atoms with van der Waals surface area (Å²) in [7, 11) is 0. The molecule has 0 spiro atoms. The van der Waals surface area contributed by atoms with Crippen LogP contribution in [0.25, 0.3) is 0 Å². The zero-order chi connectivity index (χ0) is 23.8. The van der Waals surface area contributed by atoms with E-state index >= 15 is 0 Å². The summed E-state index contributed by atoms with van der Waals surface area (Å²) in [5.74, 6) is -0.542. The van der Waals surface area contributed by atoms with Gasteiger partial charge in [-0.05, 0) is 54.9 Å². The van der Waals surface area contributed by atoms with Crippen LogP contribution in [0.1, 0.15) is 64.2 Å². The van der Waals surface area contributed by atoms with Gasteiger partial charge in [0.2, 0.25) is 11.8 Å². The van der Waals surface area contributed by atoms with Gasteiger partial charge in [-0.2, -0.15) is 0 Å². The maximum absolute atomic E-state index is 12.9. The molecule has 1 unspecified atom stereocenters. The molecular weight excluding hydrogens is 434 g/mol. The van der Waals surface area contributed by atoms with E-state index in [1.807, 2.05) is 12.1 Å². The monoisotopic (exact) mass is 461 g/mol. The Morgan fingerprint density at radius 3 is 2.62 bits per heavy atom. The largest absolute Gasteiger partial charge is 0.446 e. The van der Waals surface area contributed by atoms with Crippen molar-refractivity contribution in [2.45, 2.75) is 63.8 Å². The van der Waals surface area contributed by atoms with E-state index in [-0.39, 0.29) is 30.9 Å². The van der Waals surface area contributed by atoms with Gasteiger partial charge >= 0.3 is 6.09 Å². The number of imide groups is 1. The number of ether oxygens (including phenoxy) is 1. The molecule has 2 aromatic carbocycles. The van der Waals surface area contributed by atoms with Crippen LogP contribution < -0.4 is 10.6 Å².